The van der Waals surface area contributed by atoms with Crippen LogP contribution in [0.4, 0.5) is 5.69 Å². The van der Waals surface area contributed by atoms with Gasteiger partial charge in [-0.1, -0.05) is 35.9 Å². The van der Waals surface area contributed by atoms with E-state index < -0.39 is 0 Å². The minimum absolute atomic E-state index is 0.779. The molecule has 2 aromatic carbocycles. The molecule has 0 unspecified atom stereocenters. The average molecular weight is 274 g/mol. The molecule has 0 bridgehead atoms. The van der Waals surface area contributed by atoms with Crippen LogP contribution >= 0.6 is 11.6 Å². The Kier molecular flexibility index (Phi) is 4.16. The molecule has 2 rings (SSSR count). The Morgan fingerprint density at radius 1 is 0.895 bits per heavy atom. The van der Waals surface area contributed by atoms with Crippen molar-refractivity contribution in [3.05, 3.63) is 63.2 Å². The van der Waals surface area contributed by atoms with Crippen LogP contribution in [0.3, 0.4) is 0 Å². The largest absolute Gasteiger partial charge is 0.380 e. The second-order valence-corrected chi connectivity index (χ2v) is 5.56. The van der Waals surface area contributed by atoms with E-state index in [1.165, 1.54) is 27.8 Å². The number of nitrogens with one attached hydrogen (secondary N) is 1. The van der Waals surface area contributed by atoms with Gasteiger partial charge < -0.3 is 5.32 Å². The second kappa shape index (κ2) is 5.66. The van der Waals surface area contributed by atoms with Crippen LogP contribution in [0.15, 0.2) is 30.3 Å². The van der Waals surface area contributed by atoms with Gasteiger partial charge in [0.05, 0.1) is 10.7 Å². The minimum atomic E-state index is 0.779. The molecule has 100 valence electrons. The van der Waals surface area contributed by atoms with Gasteiger partial charge in [-0.05, 0) is 61.6 Å². The van der Waals surface area contributed by atoms with Gasteiger partial charge in [0.1, 0.15) is 0 Å². The van der Waals surface area contributed by atoms with Crippen LogP contribution in [-0.4, -0.2) is 0 Å². The van der Waals surface area contributed by atoms with Crippen molar-refractivity contribution in [3.63, 3.8) is 0 Å². The third-order valence-corrected chi connectivity index (χ3v) is 3.94. The Morgan fingerprint density at radius 2 is 1.58 bits per heavy atom. The number of hydrogen-bond acceptors (Lipinski definition) is 1. The number of benzene rings is 2. The zero-order valence-corrected chi connectivity index (χ0v) is 12.7. The molecule has 19 heavy (non-hydrogen) atoms. The van der Waals surface area contributed by atoms with Gasteiger partial charge in [0.25, 0.3) is 0 Å². The van der Waals surface area contributed by atoms with E-state index in [1.807, 2.05) is 12.1 Å². The van der Waals surface area contributed by atoms with Gasteiger partial charge >= 0.3 is 0 Å². The first-order valence-corrected chi connectivity index (χ1v) is 6.92. The molecule has 0 saturated heterocycles. The fourth-order valence-corrected chi connectivity index (χ4v) is 2.54. The quantitative estimate of drug-likeness (QED) is 0.812. The van der Waals surface area contributed by atoms with Crippen LogP contribution < -0.4 is 5.32 Å². The van der Waals surface area contributed by atoms with Gasteiger partial charge in [-0.2, -0.15) is 0 Å². The molecule has 0 saturated carbocycles. The fraction of sp³-hybridized carbons (Fsp3) is 0.294. The number of hydrogen-bond donors (Lipinski definition) is 1. The van der Waals surface area contributed by atoms with Crippen LogP contribution in [0.1, 0.15) is 27.8 Å². The third kappa shape index (κ3) is 3.10. The molecular weight excluding hydrogens is 254 g/mol. The molecule has 2 aromatic rings. The predicted octanol–water partition coefficient (Wildman–Crippen LogP) is 5.19. The first kappa shape index (κ1) is 14.0. The lowest BCUT2D eigenvalue weighted by molar-refractivity contribution is 1.09. The lowest BCUT2D eigenvalue weighted by Crippen LogP contribution is -2.04. The summed E-state index contributed by atoms with van der Waals surface area (Å²) in [5, 5.41) is 4.23. The Labute approximate surface area is 120 Å². The lowest BCUT2D eigenvalue weighted by Gasteiger charge is -2.14. The van der Waals surface area contributed by atoms with Crippen molar-refractivity contribution in [3.8, 4) is 0 Å². The van der Waals surface area contributed by atoms with Gasteiger partial charge in [-0.15, -0.1) is 0 Å². The topological polar surface area (TPSA) is 12.0 Å². The molecule has 0 heterocycles. The Bertz CT molecular complexity index is 582. The predicted molar refractivity (Wildman–Crippen MR) is 84.2 cm³/mol. The summed E-state index contributed by atoms with van der Waals surface area (Å²) in [5.41, 5.74) is 7.52. The van der Waals surface area contributed by atoms with E-state index in [9.17, 15) is 0 Å². The van der Waals surface area contributed by atoms with Crippen LogP contribution in [0.2, 0.25) is 5.02 Å². The highest BCUT2D eigenvalue weighted by molar-refractivity contribution is 6.33. The standard InChI is InChI=1S/C17H20ClN/c1-11-6-5-7-16(18)17(11)19-10-15-9-13(3)12(2)8-14(15)4/h5-9,19H,10H2,1-4H3. The molecule has 0 aliphatic rings. The summed E-state index contributed by atoms with van der Waals surface area (Å²) in [4.78, 5) is 0. The smallest absolute Gasteiger partial charge is 0.0640 e. The first-order chi connectivity index (χ1) is 8.99. The van der Waals surface area contributed by atoms with E-state index in [2.05, 4.69) is 51.2 Å². The summed E-state index contributed by atoms with van der Waals surface area (Å²) < 4.78 is 0. The SMILES string of the molecule is Cc1cc(C)c(CNc2c(C)cccc2Cl)cc1C. The van der Waals surface area contributed by atoms with Gasteiger partial charge in [0.2, 0.25) is 0 Å². The van der Waals surface area contributed by atoms with Gasteiger partial charge in [0, 0.05) is 6.54 Å². The zero-order chi connectivity index (χ0) is 14.0. The molecule has 0 aliphatic carbocycles. The maximum absolute atomic E-state index is 6.23. The normalized spacial score (nSPS) is 10.6. The minimum Gasteiger partial charge on any atom is -0.380 e. The number of anilines is 1. The van der Waals surface area contributed by atoms with E-state index in [0.29, 0.717) is 0 Å². The van der Waals surface area contributed by atoms with E-state index in [1.54, 1.807) is 0 Å². The van der Waals surface area contributed by atoms with Gasteiger partial charge in [0.15, 0.2) is 0 Å². The van der Waals surface area contributed by atoms with Crippen LogP contribution in [0.25, 0.3) is 0 Å². The fourth-order valence-electron chi connectivity index (χ4n) is 2.25. The summed E-state index contributed by atoms with van der Waals surface area (Å²) >= 11 is 6.23. The highest BCUT2D eigenvalue weighted by Crippen LogP contribution is 2.26. The maximum Gasteiger partial charge on any atom is 0.0640 e. The zero-order valence-electron chi connectivity index (χ0n) is 12.0. The number of para-hydroxylation sites is 1. The molecule has 0 aromatic heterocycles. The Balaban J connectivity index is 2.22. The van der Waals surface area contributed by atoms with Crippen molar-refractivity contribution in [2.75, 3.05) is 5.32 Å². The number of rotatable bonds is 3. The highest BCUT2D eigenvalue weighted by atomic mass is 35.5. The molecule has 0 spiro atoms. The maximum atomic E-state index is 6.23. The monoisotopic (exact) mass is 273 g/mol. The van der Waals surface area contributed by atoms with Crippen molar-refractivity contribution in [2.24, 2.45) is 0 Å². The van der Waals surface area contributed by atoms with E-state index in [0.717, 1.165) is 17.3 Å². The van der Waals surface area contributed by atoms with Crippen molar-refractivity contribution in [2.45, 2.75) is 34.2 Å². The van der Waals surface area contributed by atoms with Crippen LogP contribution in [0, 0.1) is 27.7 Å². The van der Waals surface area contributed by atoms with Crippen molar-refractivity contribution in [1.29, 1.82) is 0 Å². The molecule has 0 radical (unpaired) electrons. The van der Waals surface area contributed by atoms with Gasteiger partial charge in [-0.25, -0.2) is 0 Å². The average Bonchev–Trinajstić information content (AvgIpc) is 2.34. The summed E-state index contributed by atoms with van der Waals surface area (Å²) in [6.45, 7) is 9.33. The van der Waals surface area contributed by atoms with E-state index >= 15 is 0 Å². The molecule has 1 N–H and O–H groups in total. The number of halogens is 1. The molecule has 0 amide bonds. The van der Waals surface area contributed by atoms with Crippen molar-refractivity contribution >= 4 is 17.3 Å². The Hall–Kier alpha value is -1.47. The molecule has 0 atom stereocenters. The van der Waals surface area contributed by atoms with E-state index in [-0.39, 0.29) is 0 Å². The molecular formula is C17H20ClN. The second-order valence-electron chi connectivity index (χ2n) is 5.15. The summed E-state index contributed by atoms with van der Waals surface area (Å²) in [6, 6.07) is 10.5. The lowest BCUT2D eigenvalue weighted by atomic mass is 10.0. The highest BCUT2D eigenvalue weighted by Gasteiger charge is 2.05. The summed E-state index contributed by atoms with van der Waals surface area (Å²) in [5.74, 6) is 0. The van der Waals surface area contributed by atoms with Crippen LogP contribution in [0.5, 0.6) is 0 Å². The van der Waals surface area contributed by atoms with Gasteiger partial charge in [-0.3, -0.25) is 0 Å². The third-order valence-electron chi connectivity index (χ3n) is 3.63. The summed E-state index contributed by atoms with van der Waals surface area (Å²) in [6.07, 6.45) is 0. The van der Waals surface area contributed by atoms with Crippen molar-refractivity contribution in [1.82, 2.24) is 0 Å². The molecule has 0 aliphatic heterocycles. The molecule has 0 fully saturated rings. The molecule has 2 heteroatoms. The first-order valence-electron chi connectivity index (χ1n) is 6.54. The van der Waals surface area contributed by atoms with Crippen LogP contribution in [-0.2, 0) is 6.54 Å². The Morgan fingerprint density at radius 3 is 2.26 bits per heavy atom. The summed E-state index contributed by atoms with van der Waals surface area (Å²) in [7, 11) is 0. The number of aryl methyl sites for hydroxylation is 4. The molecule has 1 nitrogen and oxygen atoms in total. The van der Waals surface area contributed by atoms with E-state index in [4.69, 9.17) is 11.6 Å². The van der Waals surface area contributed by atoms with Crippen molar-refractivity contribution < 1.29 is 0 Å².